The minimum atomic E-state index is -0.641. The summed E-state index contributed by atoms with van der Waals surface area (Å²) in [6.45, 7) is 5.41. The molecule has 2 aromatic carbocycles. The van der Waals surface area contributed by atoms with Crippen molar-refractivity contribution in [2.75, 3.05) is 21.3 Å². The van der Waals surface area contributed by atoms with Gasteiger partial charge in [0.15, 0.2) is 0 Å². The maximum atomic E-state index is 12.3. The predicted octanol–water partition coefficient (Wildman–Crippen LogP) is 3.02. The topological polar surface area (TPSA) is 99.3 Å². The summed E-state index contributed by atoms with van der Waals surface area (Å²) >= 11 is 0. The fraction of sp³-hybridized carbons (Fsp3) is 0.250. The first kappa shape index (κ1) is 18.4. The summed E-state index contributed by atoms with van der Waals surface area (Å²) < 4.78 is 0. The lowest BCUT2D eigenvalue weighted by Crippen LogP contribution is -2.41. The van der Waals surface area contributed by atoms with Crippen LogP contribution in [-0.4, -0.2) is 23.8 Å². The molecule has 140 valence electrons. The Balaban J connectivity index is 1.63. The van der Waals surface area contributed by atoms with Crippen molar-refractivity contribution in [3.05, 3.63) is 47.5 Å². The van der Waals surface area contributed by atoms with Gasteiger partial charge >= 0.3 is 0 Å². The Kier molecular flexibility index (Phi) is 5.12. The SMILES string of the molecule is CC(=O)Nc1ccc(NC(=O)C[C@@H]2Nc3cc(C)c(C)cc3NC2=O)cc1. The summed E-state index contributed by atoms with van der Waals surface area (Å²) in [7, 11) is 0. The second-order valence-corrected chi connectivity index (χ2v) is 6.68. The first-order valence-electron chi connectivity index (χ1n) is 8.68. The van der Waals surface area contributed by atoms with Crippen molar-refractivity contribution in [3.63, 3.8) is 0 Å². The van der Waals surface area contributed by atoms with E-state index in [4.69, 9.17) is 0 Å². The van der Waals surface area contributed by atoms with Gasteiger partial charge in [-0.05, 0) is 61.4 Å². The van der Waals surface area contributed by atoms with Gasteiger partial charge in [0.25, 0.3) is 0 Å². The molecule has 0 aromatic heterocycles. The molecule has 3 amide bonds. The Labute approximate surface area is 157 Å². The van der Waals surface area contributed by atoms with E-state index in [-0.39, 0.29) is 24.1 Å². The standard InChI is InChI=1S/C20H22N4O3/c1-11-8-16-17(9-12(11)2)24-20(27)18(23-16)10-19(26)22-15-6-4-14(5-7-15)21-13(3)25/h4-9,18,23H,10H2,1-3H3,(H,21,25)(H,22,26)(H,24,27)/t18-/m0/s1. The summed E-state index contributed by atoms with van der Waals surface area (Å²) in [6.07, 6.45) is 0.00560. The van der Waals surface area contributed by atoms with Crippen molar-refractivity contribution in [1.29, 1.82) is 0 Å². The molecule has 1 atom stereocenters. The zero-order valence-corrected chi connectivity index (χ0v) is 15.5. The van der Waals surface area contributed by atoms with Gasteiger partial charge in [0, 0.05) is 18.3 Å². The Morgan fingerprint density at radius 2 is 1.52 bits per heavy atom. The van der Waals surface area contributed by atoms with Gasteiger partial charge < -0.3 is 21.3 Å². The summed E-state index contributed by atoms with van der Waals surface area (Å²) in [4.78, 5) is 35.6. The maximum Gasteiger partial charge on any atom is 0.247 e. The number of hydrogen-bond acceptors (Lipinski definition) is 4. The summed E-state index contributed by atoms with van der Waals surface area (Å²) in [5.74, 6) is -0.670. The van der Waals surface area contributed by atoms with E-state index in [1.165, 1.54) is 6.92 Å². The highest BCUT2D eigenvalue weighted by Gasteiger charge is 2.27. The molecule has 0 fully saturated rings. The molecule has 1 heterocycles. The van der Waals surface area contributed by atoms with Gasteiger partial charge in [-0.15, -0.1) is 0 Å². The van der Waals surface area contributed by atoms with Crippen molar-refractivity contribution >= 4 is 40.5 Å². The minimum absolute atomic E-state index is 0.00560. The monoisotopic (exact) mass is 366 g/mol. The van der Waals surface area contributed by atoms with Crippen LogP contribution in [0.1, 0.15) is 24.5 Å². The van der Waals surface area contributed by atoms with Crippen LogP contribution in [0.4, 0.5) is 22.7 Å². The number of nitrogens with one attached hydrogen (secondary N) is 4. The number of hydrogen-bond donors (Lipinski definition) is 4. The molecule has 1 aliphatic rings. The van der Waals surface area contributed by atoms with Crippen LogP contribution in [0, 0.1) is 13.8 Å². The summed E-state index contributed by atoms with van der Waals surface area (Å²) in [6, 6.07) is 10.0. The lowest BCUT2D eigenvalue weighted by atomic mass is 10.0. The van der Waals surface area contributed by atoms with E-state index < -0.39 is 6.04 Å². The summed E-state index contributed by atoms with van der Waals surface area (Å²) in [5, 5.41) is 11.4. The third-order valence-electron chi connectivity index (χ3n) is 4.42. The zero-order chi connectivity index (χ0) is 19.6. The third kappa shape index (κ3) is 4.44. The van der Waals surface area contributed by atoms with E-state index >= 15 is 0 Å². The van der Waals surface area contributed by atoms with E-state index in [0.29, 0.717) is 11.4 Å². The maximum absolute atomic E-state index is 12.3. The van der Waals surface area contributed by atoms with Crippen LogP contribution in [0.5, 0.6) is 0 Å². The summed E-state index contributed by atoms with van der Waals surface area (Å²) in [5.41, 5.74) is 4.99. The molecule has 3 rings (SSSR count). The highest BCUT2D eigenvalue weighted by molar-refractivity contribution is 6.06. The zero-order valence-electron chi connectivity index (χ0n) is 15.5. The fourth-order valence-electron chi connectivity index (χ4n) is 2.89. The second-order valence-electron chi connectivity index (χ2n) is 6.68. The van der Waals surface area contributed by atoms with Gasteiger partial charge in [-0.2, -0.15) is 0 Å². The van der Waals surface area contributed by atoms with Gasteiger partial charge in [-0.3, -0.25) is 14.4 Å². The van der Waals surface area contributed by atoms with Gasteiger partial charge in [0.1, 0.15) is 6.04 Å². The number of carbonyl (C=O) groups is 3. The van der Waals surface area contributed by atoms with Crippen molar-refractivity contribution in [2.24, 2.45) is 0 Å². The van der Waals surface area contributed by atoms with Crippen molar-refractivity contribution in [1.82, 2.24) is 0 Å². The molecule has 2 aromatic rings. The predicted molar refractivity (Wildman–Crippen MR) is 106 cm³/mol. The highest BCUT2D eigenvalue weighted by Crippen LogP contribution is 2.30. The molecule has 0 radical (unpaired) electrons. The van der Waals surface area contributed by atoms with Crippen LogP contribution < -0.4 is 21.3 Å². The van der Waals surface area contributed by atoms with E-state index in [2.05, 4.69) is 21.3 Å². The van der Waals surface area contributed by atoms with Gasteiger partial charge in [-0.25, -0.2) is 0 Å². The molecule has 0 aliphatic carbocycles. The molecule has 7 nitrogen and oxygen atoms in total. The Morgan fingerprint density at radius 3 is 2.11 bits per heavy atom. The van der Waals surface area contributed by atoms with Crippen LogP contribution in [0.2, 0.25) is 0 Å². The normalized spacial score (nSPS) is 15.2. The van der Waals surface area contributed by atoms with Crippen LogP contribution >= 0.6 is 0 Å². The number of carbonyl (C=O) groups excluding carboxylic acids is 3. The fourth-order valence-corrected chi connectivity index (χ4v) is 2.89. The lowest BCUT2D eigenvalue weighted by molar-refractivity contribution is -0.122. The van der Waals surface area contributed by atoms with Crippen LogP contribution in [0.3, 0.4) is 0 Å². The number of anilines is 4. The second kappa shape index (κ2) is 7.49. The first-order chi connectivity index (χ1) is 12.8. The van der Waals surface area contributed by atoms with Crippen LogP contribution in [-0.2, 0) is 14.4 Å². The molecule has 0 bridgehead atoms. The highest BCUT2D eigenvalue weighted by atomic mass is 16.2. The van der Waals surface area contributed by atoms with Gasteiger partial charge in [0.05, 0.1) is 17.8 Å². The number of fused-ring (bicyclic) bond motifs is 1. The molecule has 27 heavy (non-hydrogen) atoms. The lowest BCUT2D eigenvalue weighted by Gasteiger charge is -2.27. The number of benzene rings is 2. The average Bonchev–Trinajstić information content (AvgIpc) is 2.59. The van der Waals surface area contributed by atoms with E-state index in [1.807, 2.05) is 26.0 Å². The quantitative estimate of drug-likeness (QED) is 0.668. The number of aryl methyl sites for hydroxylation is 2. The number of amides is 3. The van der Waals surface area contributed by atoms with Crippen molar-refractivity contribution in [3.8, 4) is 0 Å². The average molecular weight is 366 g/mol. The number of rotatable bonds is 4. The Morgan fingerprint density at radius 1 is 0.963 bits per heavy atom. The van der Waals surface area contributed by atoms with E-state index in [9.17, 15) is 14.4 Å². The van der Waals surface area contributed by atoms with Gasteiger partial charge in [-0.1, -0.05) is 0 Å². The smallest absolute Gasteiger partial charge is 0.247 e. The molecule has 0 saturated carbocycles. The van der Waals surface area contributed by atoms with Crippen molar-refractivity contribution in [2.45, 2.75) is 33.2 Å². The third-order valence-corrected chi connectivity index (χ3v) is 4.42. The molecule has 0 spiro atoms. The molecule has 4 N–H and O–H groups in total. The molecule has 0 saturated heterocycles. The van der Waals surface area contributed by atoms with Gasteiger partial charge in [0.2, 0.25) is 17.7 Å². The molecule has 7 heteroatoms. The molecule has 0 unspecified atom stereocenters. The molecule has 1 aliphatic heterocycles. The largest absolute Gasteiger partial charge is 0.372 e. The Hall–Kier alpha value is -3.35. The van der Waals surface area contributed by atoms with Crippen LogP contribution in [0.25, 0.3) is 0 Å². The molecular weight excluding hydrogens is 344 g/mol. The first-order valence-corrected chi connectivity index (χ1v) is 8.68. The molecular formula is C20H22N4O3. The minimum Gasteiger partial charge on any atom is -0.372 e. The van der Waals surface area contributed by atoms with Crippen molar-refractivity contribution < 1.29 is 14.4 Å². The van der Waals surface area contributed by atoms with Crippen LogP contribution in [0.15, 0.2) is 36.4 Å². The Bertz CT molecular complexity index is 906. The van der Waals surface area contributed by atoms with E-state index in [0.717, 1.165) is 22.5 Å². The van der Waals surface area contributed by atoms with E-state index in [1.54, 1.807) is 24.3 Å².